The summed E-state index contributed by atoms with van der Waals surface area (Å²) in [6, 6.07) is 6.07. The van der Waals surface area contributed by atoms with Gasteiger partial charge < -0.3 is 29.0 Å². The van der Waals surface area contributed by atoms with Crippen LogP contribution >= 0.6 is 12.2 Å². The van der Waals surface area contributed by atoms with Crippen molar-refractivity contribution in [2.75, 3.05) is 56.2 Å². The molecule has 4 heterocycles. The van der Waals surface area contributed by atoms with Gasteiger partial charge in [-0.1, -0.05) is 0 Å². The molecule has 0 aromatic carbocycles. The molecule has 2 saturated heterocycles. The van der Waals surface area contributed by atoms with Crippen molar-refractivity contribution < 1.29 is 28.4 Å². The standard InChI is InChI=1S/C20H22N6O7S/c1-31-19(34)22-11-14-12-25(20(28)32-14)13-2-4-16(21-10-13)23-6-8-24(9-7-23)18(27)15-3-5-17(33-15)26(29)30/h2-5,10,14H,6-9,11-12H2,1H3,(H,22,34)/t14-/m0/s1. The van der Waals surface area contributed by atoms with E-state index in [0.717, 1.165) is 6.07 Å². The molecule has 2 aromatic heterocycles. The van der Waals surface area contributed by atoms with Crippen molar-refractivity contribution in [1.82, 2.24) is 15.2 Å². The third kappa shape index (κ3) is 5.01. The van der Waals surface area contributed by atoms with Crippen molar-refractivity contribution in [2.45, 2.75) is 6.10 Å². The Bertz CT molecular complexity index is 1080. The topological polar surface area (TPSA) is 144 Å². The van der Waals surface area contributed by atoms with Crippen molar-refractivity contribution >= 4 is 46.8 Å². The second kappa shape index (κ2) is 9.91. The second-order valence-corrected chi connectivity index (χ2v) is 7.91. The first-order valence-electron chi connectivity index (χ1n) is 10.4. The van der Waals surface area contributed by atoms with Crippen LogP contribution in [-0.4, -0.2) is 84.5 Å². The average Bonchev–Trinajstić information content (AvgIpc) is 3.49. The molecule has 180 valence electrons. The zero-order chi connectivity index (χ0) is 24.2. The molecule has 0 aliphatic carbocycles. The first-order chi connectivity index (χ1) is 16.4. The fraction of sp³-hybridized carbons (Fsp3) is 0.400. The molecule has 34 heavy (non-hydrogen) atoms. The van der Waals surface area contributed by atoms with Crippen LogP contribution in [-0.2, 0) is 9.47 Å². The number of thiocarbonyl (C=S) groups is 1. The fourth-order valence-electron chi connectivity index (χ4n) is 3.67. The van der Waals surface area contributed by atoms with Crippen LogP contribution in [0.1, 0.15) is 10.6 Å². The van der Waals surface area contributed by atoms with E-state index >= 15 is 0 Å². The van der Waals surface area contributed by atoms with Gasteiger partial charge in [-0.05, 0) is 30.4 Å². The van der Waals surface area contributed by atoms with E-state index in [1.165, 1.54) is 18.1 Å². The lowest BCUT2D eigenvalue weighted by Crippen LogP contribution is -2.49. The Kier molecular flexibility index (Phi) is 6.77. The summed E-state index contributed by atoms with van der Waals surface area (Å²) in [6.07, 6.45) is 0.766. The van der Waals surface area contributed by atoms with E-state index in [1.807, 2.05) is 11.0 Å². The minimum absolute atomic E-state index is 0.0577. The van der Waals surface area contributed by atoms with E-state index in [9.17, 15) is 19.7 Å². The van der Waals surface area contributed by atoms with Crippen LogP contribution in [0.15, 0.2) is 34.9 Å². The summed E-state index contributed by atoms with van der Waals surface area (Å²) >= 11 is 4.92. The predicted molar refractivity (Wildman–Crippen MR) is 123 cm³/mol. The van der Waals surface area contributed by atoms with Crippen LogP contribution < -0.4 is 15.1 Å². The van der Waals surface area contributed by atoms with E-state index in [0.29, 0.717) is 50.8 Å². The lowest BCUT2D eigenvalue weighted by molar-refractivity contribution is -0.402. The van der Waals surface area contributed by atoms with Gasteiger partial charge in [0.1, 0.15) is 16.8 Å². The van der Waals surface area contributed by atoms with Crippen LogP contribution in [0.4, 0.5) is 22.2 Å². The number of cyclic esters (lactones) is 1. The Morgan fingerprint density at radius 3 is 2.68 bits per heavy atom. The number of hydrogen-bond donors (Lipinski definition) is 1. The maximum absolute atomic E-state index is 12.5. The zero-order valence-corrected chi connectivity index (χ0v) is 19.0. The number of carbonyl (C=O) groups is 2. The van der Waals surface area contributed by atoms with Crippen molar-refractivity contribution in [3.05, 3.63) is 46.3 Å². The lowest BCUT2D eigenvalue weighted by Gasteiger charge is -2.35. The number of anilines is 2. The highest BCUT2D eigenvalue weighted by Gasteiger charge is 2.33. The number of furan rings is 1. The lowest BCUT2D eigenvalue weighted by atomic mass is 10.2. The molecule has 2 fully saturated rings. The van der Waals surface area contributed by atoms with Crippen LogP contribution in [0.2, 0.25) is 0 Å². The number of aromatic nitrogens is 1. The van der Waals surface area contributed by atoms with Crippen molar-refractivity contribution in [2.24, 2.45) is 0 Å². The molecule has 1 atom stereocenters. The van der Waals surface area contributed by atoms with E-state index in [-0.39, 0.29) is 22.9 Å². The summed E-state index contributed by atoms with van der Waals surface area (Å²) in [6.45, 7) is 2.57. The monoisotopic (exact) mass is 490 g/mol. The highest BCUT2D eigenvalue weighted by molar-refractivity contribution is 7.80. The van der Waals surface area contributed by atoms with Gasteiger partial charge in [-0.2, -0.15) is 0 Å². The molecule has 14 heteroatoms. The Morgan fingerprint density at radius 1 is 1.29 bits per heavy atom. The SMILES string of the molecule is COC(=S)NC[C@H]1CN(c2ccc(N3CCN(C(=O)c4ccc([N+](=O)[O-])o4)CC3)nc2)C(=O)O1. The number of carbonyl (C=O) groups excluding carboxylic acids is 2. The maximum atomic E-state index is 12.5. The number of rotatable bonds is 6. The summed E-state index contributed by atoms with van der Waals surface area (Å²) < 4.78 is 15.2. The molecular formula is C20H22N6O7S. The van der Waals surface area contributed by atoms with Gasteiger partial charge in [0, 0.05) is 26.2 Å². The number of nitrogens with one attached hydrogen (secondary N) is 1. The Labute approximate surface area is 199 Å². The van der Waals surface area contributed by atoms with E-state index in [1.54, 1.807) is 17.2 Å². The number of pyridine rings is 1. The number of piperazine rings is 1. The molecule has 0 unspecified atom stereocenters. The normalized spacial score (nSPS) is 18.0. The van der Waals surface area contributed by atoms with Gasteiger partial charge in [0.25, 0.3) is 11.1 Å². The molecule has 0 bridgehead atoms. The molecule has 4 rings (SSSR count). The summed E-state index contributed by atoms with van der Waals surface area (Å²) in [5.74, 6) is -0.202. The minimum Gasteiger partial charge on any atom is -0.474 e. The molecule has 13 nitrogen and oxygen atoms in total. The van der Waals surface area contributed by atoms with Crippen molar-refractivity contribution in [3.8, 4) is 0 Å². The number of nitrogens with zero attached hydrogens (tertiary/aromatic N) is 5. The Balaban J connectivity index is 1.31. The molecule has 0 spiro atoms. The first kappa shape index (κ1) is 23.2. The Morgan fingerprint density at radius 2 is 2.06 bits per heavy atom. The van der Waals surface area contributed by atoms with Crippen LogP contribution in [0.3, 0.4) is 0 Å². The molecule has 2 aromatic rings. The third-order valence-electron chi connectivity index (χ3n) is 5.45. The summed E-state index contributed by atoms with van der Waals surface area (Å²) in [4.78, 5) is 44.4. The molecular weight excluding hydrogens is 468 g/mol. The number of ether oxygens (including phenoxy) is 2. The van der Waals surface area contributed by atoms with Crippen LogP contribution in [0.5, 0.6) is 0 Å². The molecule has 1 N–H and O–H groups in total. The smallest absolute Gasteiger partial charge is 0.433 e. The quantitative estimate of drug-likeness (QED) is 0.356. The third-order valence-corrected chi connectivity index (χ3v) is 5.76. The second-order valence-electron chi connectivity index (χ2n) is 7.54. The Hall–Kier alpha value is -3.94. The van der Waals surface area contributed by atoms with E-state index in [2.05, 4.69) is 10.3 Å². The largest absolute Gasteiger partial charge is 0.474 e. The number of methoxy groups -OCH3 is 1. The number of hydrogen-bond acceptors (Lipinski definition) is 10. The minimum atomic E-state index is -0.681. The van der Waals surface area contributed by atoms with Gasteiger partial charge in [0.2, 0.25) is 0 Å². The average molecular weight is 490 g/mol. The van der Waals surface area contributed by atoms with Crippen molar-refractivity contribution in [1.29, 1.82) is 0 Å². The number of amides is 2. The van der Waals surface area contributed by atoms with Gasteiger partial charge in [-0.15, -0.1) is 0 Å². The highest BCUT2D eigenvalue weighted by Crippen LogP contribution is 2.24. The van der Waals surface area contributed by atoms with Gasteiger partial charge in [-0.3, -0.25) is 19.8 Å². The van der Waals surface area contributed by atoms with Crippen molar-refractivity contribution in [3.63, 3.8) is 0 Å². The van der Waals surface area contributed by atoms with Crippen LogP contribution in [0.25, 0.3) is 0 Å². The first-order valence-corrected chi connectivity index (χ1v) is 10.8. The van der Waals surface area contributed by atoms with E-state index in [4.69, 9.17) is 26.1 Å². The van der Waals surface area contributed by atoms with Gasteiger partial charge >= 0.3 is 12.0 Å². The number of nitro groups is 1. The fourth-order valence-corrected chi connectivity index (χ4v) is 3.75. The van der Waals surface area contributed by atoms with E-state index < -0.39 is 16.9 Å². The van der Waals surface area contributed by atoms with Crippen LogP contribution in [0, 0.1) is 10.1 Å². The molecule has 2 aliphatic rings. The molecule has 0 radical (unpaired) electrons. The summed E-state index contributed by atoms with van der Waals surface area (Å²) in [5, 5.41) is 13.8. The summed E-state index contributed by atoms with van der Waals surface area (Å²) in [7, 11) is 1.46. The molecule has 2 aliphatic heterocycles. The highest BCUT2D eigenvalue weighted by atomic mass is 32.1. The van der Waals surface area contributed by atoms with Gasteiger partial charge in [0.15, 0.2) is 5.76 Å². The molecule has 2 amide bonds. The summed E-state index contributed by atoms with van der Waals surface area (Å²) in [5.41, 5.74) is 0.610. The predicted octanol–water partition coefficient (Wildman–Crippen LogP) is 1.39. The van der Waals surface area contributed by atoms with Gasteiger partial charge in [0.05, 0.1) is 38.1 Å². The van der Waals surface area contributed by atoms with Gasteiger partial charge in [-0.25, -0.2) is 9.78 Å². The maximum Gasteiger partial charge on any atom is 0.433 e. The zero-order valence-electron chi connectivity index (χ0n) is 18.2. The molecule has 0 saturated carbocycles.